The van der Waals surface area contributed by atoms with Crippen LogP contribution in [-0.4, -0.2) is 48.8 Å². The molecule has 4 rings (SSSR count). The summed E-state index contributed by atoms with van der Waals surface area (Å²) in [5.41, 5.74) is 2.28. The molecule has 0 spiro atoms. The Labute approximate surface area is 186 Å². The monoisotopic (exact) mass is 442 g/mol. The van der Waals surface area contributed by atoms with E-state index in [9.17, 15) is 9.59 Å². The van der Waals surface area contributed by atoms with Crippen molar-refractivity contribution in [1.29, 1.82) is 0 Å². The molecule has 2 aromatic carbocycles. The number of fused-ring (bicyclic) bond motifs is 3. The number of benzene rings is 2. The zero-order valence-corrected chi connectivity index (χ0v) is 19.0. The minimum atomic E-state index is -0.614. The highest BCUT2D eigenvalue weighted by Gasteiger charge is 2.58. The van der Waals surface area contributed by atoms with Gasteiger partial charge in [-0.1, -0.05) is 18.2 Å². The third kappa shape index (κ3) is 3.48. The first-order chi connectivity index (χ1) is 14.8. The molecule has 7 nitrogen and oxygen atoms in total. The first-order valence-electron chi connectivity index (χ1n) is 9.98. The highest BCUT2D eigenvalue weighted by molar-refractivity contribution is 8.01. The molecule has 0 bridgehead atoms. The third-order valence-corrected chi connectivity index (χ3v) is 7.31. The van der Waals surface area contributed by atoms with Gasteiger partial charge in [0.1, 0.15) is 17.2 Å². The highest BCUT2D eigenvalue weighted by atomic mass is 32.2. The number of hydrogen-bond donors (Lipinski definition) is 1. The fourth-order valence-electron chi connectivity index (χ4n) is 4.29. The van der Waals surface area contributed by atoms with E-state index in [2.05, 4.69) is 5.32 Å². The quantitative estimate of drug-likeness (QED) is 0.739. The SMILES string of the molecule is COc1ccc(CNC(=O)[C@H]2N3C(=O)c4c(ccc(OC)c4OC)[C@@H]3SC2(C)C)cc1. The summed E-state index contributed by atoms with van der Waals surface area (Å²) in [4.78, 5) is 28.4. The molecule has 0 aliphatic carbocycles. The number of carbonyl (C=O) groups excluding carboxylic acids is 2. The molecule has 2 aliphatic rings. The number of nitrogens with one attached hydrogen (secondary N) is 1. The summed E-state index contributed by atoms with van der Waals surface area (Å²) in [6.07, 6.45) is 0. The Morgan fingerprint density at radius 1 is 1.06 bits per heavy atom. The summed E-state index contributed by atoms with van der Waals surface area (Å²) >= 11 is 1.61. The van der Waals surface area contributed by atoms with Crippen LogP contribution in [-0.2, 0) is 11.3 Å². The molecular weight excluding hydrogens is 416 g/mol. The van der Waals surface area contributed by atoms with Gasteiger partial charge in [-0.25, -0.2) is 0 Å². The van der Waals surface area contributed by atoms with Crippen molar-refractivity contribution in [2.45, 2.75) is 36.6 Å². The third-order valence-electron chi connectivity index (χ3n) is 5.77. The van der Waals surface area contributed by atoms with E-state index in [0.717, 1.165) is 16.9 Å². The fraction of sp³-hybridized carbons (Fsp3) is 0.391. The molecule has 2 heterocycles. The Balaban J connectivity index is 1.60. The summed E-state index contributed by atoms with van der Waals surface area (Å²) in [6.45, 7) is 4.37. The lowest BCUT2D eigenvalue weighted by molar-refractivity contribution is -0.126. The van der Waals surface area contributed by atoms with Crippen molar-refractivity contribution in [2.24, 2.45) is 0 Å². The van der Waals surface area contributed by atoms with Crippen LogP contribution < -0.4 is 19.5 Å². The van der Waals surface area contributed by atoms with E-state index in [0.29, 0.717) is 23.6 Å². The van der Waals surface area contributed by atoms with Crippen LogP contribution in [0.3, 0.4) is 0 Å². The van der Waals surface area contributed by atoms with Crippen LogP contribution >= 0.6 is 11.8 Å². The first kappa shape index (κ1) is 21.4. The Kier molecular flexibility index (Phi) is 5.51. The van der Waals surface area contributed by atoms with Gasteiger partial charge in [0, 0.05) is 16.9 Å². The van der Waals surface area contributed by atoms with Crippen molar-refractivity contribution in [2.75, 3.05) is 21.3 Å². The predicted octanol–water partition coefficient (Wildman–Crippen LogP) is 3.38. The van der Waals surface area contributed by atoms with E-state index in [1.54, 1.807) is 29.8 Å². The lowest BCUT2D eigenvalue weighted by Gasteiger charge is -2.29. The van der Waals surface area contributed by atoms with Gasteiger partial charge in [-0.2, -0.15) is 0 Å². The summed E-state index contributed by atoms with van der Waals surface area (Å²) in [5, 5.41) is 2.76. The lowest BCUT2D eigenvalue weighted by Crippen LogP contribution is -2.52. The van der Waals surface area contributed by atoms with Gasteiger partial charge in [0.2, 0.25) is 5.91 Å². The summed E-state index contributed by atoms with van der Waals surface area (Å²) in [7, 11) is 4.67. The van der Waals surface area contributed by atoms with Gasteiger partial charge in [0.15, 0.2) is 11.5 Å². The normalized spacial score (nSPS) is 20.8. The second-order valence-corrected chi connectivity index (χ2v) is 9.75. The van der Waals surface area contributed by atoms with E-state index in [4.69, 9.17) is 14.2 Å². The number of carbonyl (C=O) groups is 2. The molecule has 2 aliphatic heterocycles. The number of methoxy groups -OCH3 is 3. The van der Waals surface area contributed by atoms with Crippen molar-refractivity contribution >= 4 is 23.6 Å². The van der Waals surface area contributed by atoms with Gasteiger partial charge in [-0.05, 0) is 37.6 Å². The second kappa shape index (κ2) is 8.00. The zero-order chi connectivity index (χ0) is 22.3. The van der Waals surface area contributed by atoms with E-state index in [1.165, 1.54) is 14.2 Å². The van der Waals surface area contributed by atoms with E-state index >= 15 is 0 Å². The van der Waals surface area contributed by atoms with Crippen molar-refractivity contribution in [3.63, 3.8) is 0 Å². The molecule has 8 heteroatoms. The number of hydrogen-bond acceptors (Lipinski definition) is 6. The van der Waals surface area contributed by atoms with Crippen LogP contribution in [0, 0.1) is 0 Å². The first-order valence-corrected chi connectivity index (χ1v) is 10.9. The molecule has 2 aromatic rings. The molecule has 164 valence electrons. The maximum Gasteiger partial charge on any atom is 0.260 e. The Morgan fingerprint density at radius 2 is 1.77 bits per heavy atom. The average Bonchev–Trinajstić information content (AvgIpc) is 3.20. The highest BCUT2D eigenvalue weighted by Crippen LogP contribution is 2.58. The molecular formula is C23H26N2O5S. The summed E-state index contributed by atoms with van der Waals surface area (Å²) in [6, 6.07) is 10.6. The molecule has 1 N–H and O–H groups in total. The largest absolute Gasteiger partial charge is 0.497 e. The van der Waals surface area contributed by atoms with E-state index in [1.807, 2.05) is 44.2 Å². The van der Waals surface area contributed by atoms with Gasteiger partial charge in [0.05, 0.1) is 26.9 Å². The van der Waals surface area contributed by atoms with Crippen LogP contribution in [0.1, 0.15) is 40.7 Å². The van der Waals surface area contributed by atoms with Crippen molar-refractivity contribution in [1.82, 2.24) is 10.2 Å². The van der Waals surface area contributed by atoms with Crippen LogP contribution in [0.4, 0.5) is 0 Å². The molecule has 0 saturated carbocycles. The van der Waals surface area contributed by atoms with Gasteiger partial charge in [-0.15, -0.1) is 11.8 Å². The number of nitrogens with zero attached hydrogens (tertiary/aromatic N) is 1. The van der Waals surface area contributed by atoms with Crippen LogP contribution in [0.5, 0.6) is 17.2 Å². The van der Waals surface area contributed by atoms with Crippen molar-refractivity contribution < 1.29 is 23.8 Å². The van der Waals surface area contributed by atoms with E-state index < -0.39 is 10.8 Å². The number of amides is 2. The second-order valence-electron chi connectivity index (χ2n) is 8.02. The van der Waals surface area contributed by atoms with Gasteiger partial charge in [-0.3, -0.25) is 9.59 Å². The van der Waals surface area contributed by atoms with Crippen molar-refractivity contribution in [3.8, 4) is 17.2 Å². The number of thioether (sulfide) groups is 1. The van der Waals surface area contributed by atoms with E-state index in [-0.39, 0.29) is 17.2 Å². The maximum absolute atomic E-state index is 13.5. The van der Waals surface area contributed by atoms with Crippen LogP contribution in [0.25, 0.3) is 0 Å². The number of ether oxygens (including phenoxy) is 3. The molecule has 1 fully saturated rings. The van der Waals surface area contributed by atoms with Crippen LogP contribution in [0.2, 0.25) is 0 Å². The van der Waals surface area contributed by atoms with Gasteiger partial charge in [0.25, 0.3) is 5.91 Å². The molecule has 0 aromatic heterocycles. The lowest BCUT2D eigenvalue weighted by atomic mass is 10.0. The van der Waals surface area contributed by atoms with Gasteiger partial charge >= 0.3 is 0 Å². The Morgan fingerprint density at radius 3 is 2.39 bits per heavy atom. The molecule has 0 radical (unpaired) electrons. The minimum absolute atomic E-state index is 0.178. The maximum atomic E-state index is 13.5. The van der Waals surface area contributed by atoms with Crippen molar-refractivity contribution in [3.05, 3.63) is 53.1 Å². The smallest absolute Gasteiger partial charge is 0.260 e. The van der Waals surface area contributed by atoms with Gasteiger partial charge < -0.3 is 24.4 Å². The fourth-order valence-corrected chi connectivity index (χ4v) is 5.86. The molecule has 2 amide bonds. The standard InChI is InChI=1S/C23H26N2O5S/c1-23(2)19(20(26)24-12-13-6-8-14(28-3)9-7-13)25-21(27)17-15(22(25)31-23)10-11-16(29-4)18(17)30-5/h6-11,19,22H,12H2,1-5H3,(H,24,26)/t19-,22+/m1/s1. The summed E-state index contributed by atoms with van der Waals surface area (Å²) < 4.78 is 15.6. The topological polar surface area (TPSA) is 77.1 Å². The zero-order valence-electron chi connectivity index (χ0n) is 18.2. The molecule has 0 unspecified atom stereocenters. The minimum Gasteiger partial charge on any atom is -0.497 e. The Hall–Kier alpha value is -2.87. The molecule has 1 saturated heterocycles. The average molecular weight is 443 g/mol. The molecule has 2 atom stereocenters. The number of rotatable bonds is 6. The Bertz CT molecular complexity index is 1020. The predicted molar refractivity (Wildman–Crippen MR) is 119 cm³/mol. The van der Waals surface area contributed by atoms with Crippen LogP contribution in [0.15, 0.2) is 36.4 Å². The molecule has 31 heavy (non-hydrogen) atoms. The summed E-state index contributed by atoms with van der Waals surface area (Å²) in [5.74, 6) is 1.29.